The molecule has 0 amide bonds. The zero-order chi connectivity index (χ0) is 12.4. The third kappa shape index (κ3) is 2.54. The fraction of sp³-hybridized carbons (Fsp3) is 0.231. The maximum Gasteiger partial charge on any atom is 0.123 e. The van der Waals surface area contributed by atoms with Gasteiger partial charge in [-0.15, -0.1) is 0 Å². The van der Waals surface area contributed by atoms with Gasteiger partial charge in [-0.25, -0.2) is 0 Å². The van der Waals surface area contributed by atoms with Crippen LogP contribution in [-0.4, -0.2) is 7.11 Å². The Hall–Kier alpha value is -0.840. The number of thiophene rings is 1. The molecule has 1 aromatic carbocycles. The fourth-order valence-electron chi connectivity index (χ4n) is 1.78. The molecule has 0 bridgehead atoms. The van der Waals surface area contributed by atoms with Crippen LogP contribution >= 0.6 is 27.3 Å². The van der Waals surface area contributed by atoms with Crippen LogP contribution in [0.15, 0.2) is 33.4 Å². The van der Waals surface area contributed by atoms with Crippen LogP contribution in [0.5, 0.6) is 5.75 Å². The summed E-state index contributed by atoms with van der Waals surface area (Å²) in [5.74, 6) is 0.834. The van der Waals surface area contributed by atoms with E-state index in [1.807, 2.05) is 17.5 Å². The van der Waals surface area contributed by atoms with Crippen LogP contribution in [0.1, 0.15) is 22.7 Å². The van der Waals surface area contributed by atoms with E-state index in [4.69, 9.17) is 10.5 Å². The molecule has 1 atom stereocenters. The van der Waals surface area contributed by atoms with Gasteiger partial charge < -0.3 is 10.5 Å². The number of methoxy groups -OCH3 is 1. The summed E-state index contributed by atoms with van der Waals surface area (Å²) in [6.07, 6.45) is 0. The van der Waals surface area contributed by atoms with Crippen LogP contribution in [0.25, 0.3) is 0 Å². The van der Waals surface area contributed by atoms with E-state index in [-0.39, 0.29) is 6.04 Å². The summed E-state index contributed by atoms with van der Waals surface area (Å²) < 4.78 is 6.42. The molecule has 0 fully saturated rings. The largest absolute Gasteiger partial charge is 0.496 e. The number of nitrogens with two attached hydrogens (primary N) is 1. The Bertz CT molecular complexity index is 524. The molecule has 0 saturated heterocycles. The molecular weight excluding hydrogens is 298 g/mol. The highest BCUT2D eigenvalue weighted by Gasteiger charge is 2.17. The van der Waals surface area contributed by atoms with Crippen LogP contribution in [0.2, 0.25) is 0 Å². The van der Waals surface area contributed by atoms with Gasteiger partial charge in [0, 0.05) is 15.4 Å². The second kappa shape index (κ2) is 5.21. The average Bonchev–Trinajstić information content (AvgIpc) is 2.74. The summed E-state index contributed by atoms with van der Waals surface area (Å²) >= 11 is 5.16. The van der Waals surface area contributed by atoms with Gasteiger partial charge in [-0.3, -0.25) is 0 Å². The van der Waals surface area contributed by atoms with Crippen molar-refractivity contribution in [3.05, 3.63) is 50.1 Å². The molecule has 1 unspecified atom stereocenters. The zero-order valence-electron chi connectivity index (χ0n) is 9.74. The molecule has 1 aromatic heterocycles. The lowest BCUT2D eigenvalue weighted by Gasteiger charge is -2.16. The second-order valence-corrected chi connectivity index (χ2v) is 5.50. The molecule has 2 aromatic rings. The topological polar surface area (TPSA) is 35.2 Å². The van der Waals surface area contributed by atoms with Gasteiger partial charge in [-0.1, -0.05) is 17.7 Å². The Morgan fingerprint density at radius 2 is 2.06 bits per heavy atom. The highest BCUT2D eigenvalue weighted by Crippen LogP contribution is 2.34. The SMILES string of the molecule is COc1ccc(C)cc1C(N)c1cscc1Br. The first-order chi connectivity index (χ1) is 8.13. The minimum absolute atomic E-state index is 0.162. The molecule has 0 aliphatic heterocycles. The number of halogens is 1. The van der Waals surface area contributed by atoms with Crippen LogP contribution in [-0.2, 0) is 0 Å². The van der Waals surface area contributed by atoms with Gasteiger partial charge in [-0.2, -0.15) is 11.3 Å². The minimum Gasteiger partial charge on any atom is -0.496 e. The van der Waals surface area contributed by atoms with Gasteiger partial charge in [0.2, 0.25) is 0 Å². The molecular formula is C13H14BrNOS. The zero-order valence-corrected chi connectivity index (χ0v) is 12.1. The lowest BCUT2D eigenvalue weighted by Crippen LogP contribution is -2.13. The standard InChI is InChI=1S/C13H14BrNOS/c1-8-3-4-12(16-2)9(5-8)13(15)10-6-17-7-11(10)14/h3-7,13H,15H2,1-2H3. The predicted octanol–water partition coefficient (Wildman–Crippen LogP) is 3.88. The highest BCUT2D eigenvalue weighted by atomic mass is 79.9. The molecule has 0 spiro atoms. The lowest BCUT2D eigenvalue weighted by molar-refractivity contribution is 0.407. The van der Waals surface area contributed by atoms with Crippen molar-refractivity contribution in [1.82, 2.24) is 0 Å². The summed E-state index contributed by atoms with van der Waals surface area (Å²) in [6.45, 7) is 2.05. The van der Waals surface area contributed by atoms with Gasteiger partial charge in [0.05, 0.1) is 13.2 Å². The number of benzene rings is 1. The first-order valence-corrected chi connectivity index (χ1v) is 6.98. The molecule has 1 heterocycles. The fourth-order valence-corrected chi connectivity index (χ4v) is 3.36. The van der Waals surface area contributed by atoms with E-state index in [0.717, 1.165) is 21.3 Å². The smallest absolute Gasteiger partial charge is 0.123 e. The summed E-state index contributed by atoms with van der Waals surface area (Å²) in [5, 5.41) is 4.11. The normalized spacial score (nSPS) is 12.5. The molecule has 0 saturated carbocycles. The molecule has 0 aliphatic carbocycles. The van der Waals surface area contributed by atoms with Crippen molar-refractivity contribution >= 4 is 27.3 Å². The number of hydrogen-bond acceptors (Lipinski definition) is 3. The van der Waals surface area contributed by atoms with Gasteiger partial charge >= 0.3 is 0 Å². The van der Waals surface area contributed by atoms with Crippen molar-refractivity contribution in [2.45, 2.75) is 13.0 Å². The third-order valence-corrected chi connectivity index (χ3v) is 4.45. The number of ether oxygens (including phenoxy) is 1. The summed E-state index contributed by atoms with van der Waals surface area (Å²) in [5.41, 5.74) is 9.60. The van der Waals surface area contributed by atoms with Crippen LogP contribution in [0, 0.1) is 6.92 Å². The quantitative estimate of drug-likeness (QED) is 0.933. The Morgan fingerprint density at radius 1 is 1.29 bits per heavy atom. The van der Waals surface area contributed by atoms with Gasteiger partial charge in [0.1, 0.15) is 5.75 Å². The van der Waals surface area contributed by atoms with E-state index < -0.39 is 0 Å². The van der Waals surface area contributed by atoms with E-state index in [1.165, 1.54) is 5.56 Å². The number of rotatable bonds is 3. The van der Waals surface area contributed by atoms with E-state index in [1.54, 1.807) is 18.4 Å². The predicted molar refractivity (Wildman–Crippen MR) is 75.8 cm³/mol. The van der Waals surface area contributed by atoms with Gasteiger partial charge in [0.25, 0.3) is 0 Å². The van der Waals surface area contributed by atoms with E-state index in [0.29, 0.717) is 0 Å². The van der Waals surface area contributed by atoms with Crippen molar-refractivity contribution in [1.29, 1.82) is 0 Å². The Kier molecular flexibility index (Phi) is 3.86. The monoisotopic (exact) mass is 311 g/mol. The minimum atomic E-state index is -0.162. The van der Waals surface area contributed by atoms with Gasteiger partial charge in [-0.05, 0) is 39.9 Å². The Labute approximate surface area is 114 Å². The first-order valence-electron chi connectivity index (χ1n) is 5.25. The van der Waals surface area contributed by atoms with Gasteiger partial charge in [0.15, 0.2) is 0 Å². The molecule has 2 rings (SSSR count). The Morgan fingerprint density at radius 3 is 2.65 bits per heavy atom. The molecule has 2 nitrogen and oxygen atoms in total. The maximum absolute atomic E-state index is 6.30. The summed E-state index contributed by atoms with van der Waals surface area (Å²) in [4.78, 5) is 0. The number of hydrogen-bond donors (Lipinski definition) is 1. The highest BCUT2D eigenvalue weighted by molar-refractivity contribution is 9.10. The van der Waals surface area contributed by atoms with Crippen molar-refractivity contribution in [3.8, 4) is 5.75 Å². The molecule has 2 N–H and O–H groups in total. The molecule has 0 radical (unpaired) electrons. The maximum atomic E-state index is 6.30. The molecule has 4 heteroatoms. The first kappa shape index (κ1) is 12.6. The van der Waals surface area contributed by atoms with Crippen LogP contribution in [0.4, 0.5) is 0 Å². The summed E-state index contributed by atoms with van der Waals surface area (Å²) in [7, 11) is 1.67. The van der Waals surface area contributed by atoms with Crippen molar-refractivity contribution in [2.75, 3.05) is 7.11 Å². The van der Waals surface area contributed by atoms with Crippen molar-refractivity contribution in [3.63, 3.8) is 0 Å². The lowest BCUT2D eigenvalue weighted by atomic mass is 9.99. The van der Waals surface area contributed by atoms with E-state index in [9.17, 15) is 0 Å². The summed E-state index contributed by atoms with van der Waals surface area (Å²) in [6, 6.07) is 5.90. The van der Waals surface area contributed by atoms with Crippen LogP contribution in [0.3, 0.4) is 0 Å². The van der Waals surface area contributed by atoms with Crippen LogP contribution < -0.4 is 10.5 Å². The third-order valence-electron chi connectivity index (χ3n) is 2.70. The van der Waals surface area contributed by atoms with E-state index in [2.05, 4.69) is 34.3 Å². The molecule has 0 aliphatic rings. The van der Waals surface area contributed by atoms with Crippen molar-refractivity contribution < 1.29 is 4.74 Å². The average molecular weight is 312 g/mol. The number of aryl methyl sites for hydroxylation is 1. The Balaban J connectivity index is 2.46. The molecule has 17 heavy (non-hydrogen) atoms. The molecule has 90 valence electrons. The van der Waals surface area contributed by atoms with Crippen molar-refractivity contribution in [2.24, 2.45) is 5.73 Å². The second-order valence-electron chi connectivity index (χ2n) is 3.90. The van der Waals surface area contributed by atoms with E-state index >= 15 is 0 Å².